The van der Waals surface area contributed by atoms with E-state index in [-0.39, 0.29) is 18.5 Å². The molecule has 1 rings (SSSR count). The first kappa shape index (κ1) is 14.4. The Kier molecular flexibility index (Phi) is 6.44. The molecule has 96 valence electrons. The molecular weight excluding hydrogens is 245 g/mol. The average molecular weight is 262 g/mol. The van der Waals surface area contributed by atoms with Crippen LogP contribution in [0.5, 0.6) is 0 Å². The summed E-state index contributed by atoms with van der Waals surface area (Å²) < 4.78 is 18.0. The van der Waals surface area contributed by atoms with Gasteiger partial charge in [-0.05, 0) is 24.6 Å². The number of rotatable bonds is 7. The molecule has 0 amide bonds. The maximum atomic E-state index is 12.9. The first-order chi connectivity index (χ1) is 8.15. The lowest BCUT2D eigenvalue weighted by molar-refractivity contribution is 0.0928. The zero-order chi connectivity index (χ0) is 12.7. The van der Waals surface area contributed by atoms with Gasteiger partial charge in [0.1, 0.15) is 5.82 Å². The molecule has 17 heavy (non-hydrogen) atoms. The number of ether oxygens (including phenoxy) is 1. The fourth-order valence-corrected chi connectivity index (χ4v) is 1.81. The summed E-state index contributed by atoms with van der Waals surface area (Å²) >= 11 is 5.94. The van der Waals surface area contributed by atoms with Gasteiger partial charge in [0.05, 0.1) is 19.8 Å². The van der Waals surface area contributed by atoms with Crippen molar-refractivity contribution in [3.8, 4) is 0 Å². The third-order valence-electron chi connectivity index (χ3n) is 2.36. The molecule has 1 aromatic carbocycles. The van der Waals surface area contributed by atoms with E-state index < -0.39 is 0 Å². The molecule has 1 aromatic rings. The summed E-state index contributed by atoms with van der Waals surface area (Å²) in [5, 5.41) is 12.1. The van der Waals surface area contributed by atoms with Gasteiger partial charge in [0.15, 0.2) is 0 Å². The third kappa shape index (κ3) is 5.00. The van der Waals surface area contributed by atoms with Gasteiger partial charge in [-0.2, -0.15) is 0 Å². The fourth-order valence-electron chi connectivity index (χ4n) is 1.48. The van der Waals surface area contributed by atoms with Crippen molar-refractivity contribution in [2.24, 2.45) is 0 Å². The minimum Gasteiger partial charge on any atom is -0.394 e. The summed E-state index contributed by atoms with van der Waals surface area (Å²) in [7, 11) is 0. The van der Waals surface area contributed by atoms with Gasteiger partial charge in [-0.1, -0.05) is 17.7 Å². The fraction of sp³-hybridized carbons (Fsp3) is 0.500. The Bertz CT molecular complexity index is 349. The molecule has 3 nitrogen and oxygen atoms in total. The highest BCUT2D eigenvalue weighted by atomic mass is 35.5. The summed E-state index contributed by atoms with van der Waals surface area (Å²) in [6, 6.07) is 4.39. The van der Waals surface area contributed by atoms with Crippen LogP contribution < -0.4 is 5.32 Å². The van der Waals surface area contributed by atoms with Crippen molar-refractivity contribution in [2.45, 2.75) is 13.0 Å². The Morgan fingerprint density at radius 3 is 2.88 bits per heavy atom. The molecule has 0 aliphatic heterocycles. The largest absolute Gasteiger partial charge is 0.394 e. The molecule has 0 aromatic heterocycles. The topological polar surface area (TPSA) is 41.5 Å². The molecule has 0 saturated heterocycles. The molecule has 0 bridgehead atoms. The van der Waals surface area contributed by atoms with Crippen molar-refractivity contribution in [3.05, 3.63) is 34.6 Å². The first-order valence-electron chi connectivity index (χ1n) is 5.52. The number of aliphatic hydroxyl groups excluding tert-OH is 1. The lowest BCUT2D eigenvalue weighted by atomic mass is 10.1. The van der Waals surface area contributed by atoms with E-state index >= 15 is 0 Å². The van der Waals surface area contributed by atoms with E-state index in [1.807, 2.05) is 6.92 Å². The third-order valence-corrected chi connectivity index (χ3v) is 2.69. The molecule has 0 aliphatic rings. The monoisotopic (exact) mass is 261 g/mol. The molecule has 2 N–H and O–H groups in total. The zero-order valence-electron chi connectivity index (χ0n) is 9.75. The standard InChI is InChI=1S/C12H17ClFNO2/c1-9(15-4-6-17-7-5-16)11-3-2-10(14)8-12(11)13/h2-3,8-9,15-16H,4-7H2,1H3. The Morgan fingerprint density at radius 2 is 2.24 bits per heavy atom. The summed E-state index contributed by atoms with van der Waals surface area (Å²) in [6.45, 7) is 3.48. The van der Waals surface area contributed by atoms with E-state index in [0.29, 0.717) is 24.8 Å². The molecule has 5 heteroatoms. The van der Waals surface area contributed by atoms with Gasteiger partial charge >= 0.3 is 0 Å². The Balaban J connectivity index is 2.38. The molecule has 1 atom stereocenters. The minimum absolute atomic E-state index is 0.0271. The SMILES string of the molecule is CC(NCCOCCO)c1ccc(F)cc1Cl. The molecule has 0 saturated carbocycles. The van der Waals surface area contributed by atoms with Crippen LogP contribution in [0.3, 0.4) is 0 Å². The lowest BCUT2D eigenvalue weighted by Crippen LogP contribution is -2.24. The normalized spacial score (nSPS) is 12.7. The van der Waals surface area contributed by atoms with Gasteiger partial charge in [-0.3, -0.25) is 0 Å². The number of hydrogen-bond donors (Lipinski definition) is 2. The predicted octanol–water partition coefficient (Wildman–Crippen LogP) is 2.14. The molecule has 1 unspecified atom stereocenters. The predicted molar refractivity (Wildman–Crippen MR) is 65.7 cm³/mol. The van der Waals surface area contributed by atoms with Crippen molar-refractivity contribution >= 4 is 11.6 Å². The number of halogens is 2. The van der Waals surface area contributed by atoms with Crippen LogP contribution in [-0.2, 0) is 4.74 Å². The van der Waals surface area contributed by atoms with Crippen LogP contribution in [0.4, 0.5) is 4.39 Å². The second kappa shape index (κ2) is 7.61. The number of nitrogens with one attached hydrogen (secondary N) is 1. The van der Waals surface area contributed by atoms with E-state index in [2.05, 4.69) is 5.32 Å². The molecule has 0 fully saturated rings. The van der Waals surface area contributed by atoms with Crippen molar-refractivity contribution in [1.29, 1.82) is 0 Å². The van der Waals surface area contributed by atoms with Gasteiger partial charge in [-0.15, -0.1) is 0 Å². The highest BCUT2D eigenvalue weighted by Gasteiger charge is 2.09. The first-order valence-corrected chi connectivity index (χ1v) is 5.90. The molecular formula is C12H17ClFNO2. The van der Waals surface area contributed by atoms with Crippen LogP contribution in [-0.4, -0.2) is 31.5 Å². The summed E-state index contributed by atoms with van der Waals surface area (Å²) in [5.41, 5.74) is 0.857. The van der Waals surface area contributed by atoms with E-state index in [1.165, 1.54) is 12.1 Å². The van der Waals surface area contributed by atoms with Gasteiger partial charge in [0.25, 0.3) is 0 Å². The van der Waals surface area contributed by atoms with Gasteiger partial charge in [-0.25, -0.2) is 4.39 Å². The van der Waals surface area contributed by atoms with Crippen molar-refractivity contribution in [3.63, 3.8) is 0 Å². The van der Waals surface area contributed by atoms with Gasteiger partial charge in [0.2, 0.25) is 0 Å². The number of aliphatic hydroxyl groups is 1. The smallest absolute Gasteiger partial charge is 0.124 e. The van der Waals surface area contributed by atoms with Crippen LogP contribution >= 0.6 is 11.6 Å². The molecule has 0 heterocycles. The van der Waals surface area contributed by atoms with E-state index in [0.717, 1.165) is 5.56 Å². The maximum absolute atomic E-state index is 12.9. The Morgan fingerprint density at radius 1 is 1.47 bits per heavy atom. The van der Waals surface area contributed by atoms with E-state index in [9.17, 15) is 4.39 Å². The van der Waals surface area contributed by atoms with Crippen LogP contribution in [0.2, 0.25) is 5.02 Å². The maximum Gasteiger partial charge on any atom is 0.124 e. The molecule has 0 aliphatic carbocycles. The summed E-state index contributed by atoms with van der Waals surface area (Å²) in [4.78, 5) is 0. The number of hydrogen-bond acceptors (Lipinski definition) is 3. The quantitative estimate of drug-likeness (QED) is 0.739. The number of benzene rings is 1. The van der Waals surface area contributed by atoms with Crippen LogP contribution in [0.1, 0.15) is 18.5 Å². The minimum atomic E-state index is -0.336. The van der Waals surface area contributed by atoms with Crippen LogP contribution in [0.25, 0.3) is 0 Å². The van der Waals surface area contributed by atoms with Crippen molar-refractivity contribution in [2.75, 3.05) is 26.4 Å². The van der Waals surface area contributed by atoms with Gasteiger partial charge in [0, 0.05) is 17.6 Å². The highest BCUT2D eigenvalue weighted by molar-refractivity contribution is 6.31. The molecule has 0 radical (unpaired) electrons. The Hall–Kier alpha value is -0.680. The van der Waals surface area contributed by atoms with Crippen molar-refractivity contribution < 1.29 is 14.2 Å². The van der Waals surface area contributed by atoms with Crippen LogP contribution in [0.15, 0.2) is 18.2 Å². The highest BCUT2D eigenvalue weighted by Crippen LogP contribution is 2.23. The van der Waals surface area contributed by atoms with Crippen molar-refractivity contribution in [1.82, 2.24) is 5.32 Å². The summed E-state index contributed by atoms with van der Waals surface area (Å²) in [5.74, 6) is -0.336. The zero-order valence-corrected chi connectivity index (χ0v) is 10.5. The van der Waals surface area contributed by atoms with E-state index in [4.69, 9.17) is 21.4 Å². The molecule has 0 spiro atoms. The lowest BCUT2D eigenvalue weighted by Gasteiger charge is -2.15. The Labute approximate surface area is 106 Å². The average Bonchev–Trinajstić information content (AvgIpc) is 2.28. The second-order valence-corrected chi connectivity index (χ2v) is 4.08. The van der Waals surface area contributed by atoms with Gasteiger partial charge < -0.3 is 15.2 Å². The van der Waals surface area contributed by atoms with Crippen LogP contribution in [0, 0.1) is 5.82 Å². The van der Waals surface area contributed by atoms with E-state index in [1.54, 1.807) is 6.07 Å². The second-order valence-electron chi connectivity index (χ2n) is 3.68. The summed E-state index contributed by atoms with van der Waals surface area (Å²) in [6.07, 6.45) is 0.